The third-order valence-corrected chi connectivity index (χ3v) is 6.36. The van der Waals surface area contributed by atoms with E-state index >= 15 is 0 Å². The average Bonchev–Trinajstić information content (AvgIpc) is 3.04. The second-order valence-electron chi connectivity index (χ2n) is 5.23. The van der Waals surface area contributed by atoms with Gasteiger partial charge in [0.25, 0.3) is 0 Å². The molecule has 0 fully saturated rings. The van der Waals surface area contributed by atoms with Gasteiger partial charge in [-0.3, -0.25) is 0 Å². The van der Waals surface area contributed by atoms with Gasteiger partial charge in [-0.05, 0) is 46.3 Å². The summed E-state index contributed by atoms with van der Waals surface area (Å²) < 4.78 is 34.1. The van der Waals surface area contributed by atoms with Crippen molar-refractivity contribution in [2.75, 3.05) is 6.54 Å². The van der Waals surface area contributed by atoms with Crippen molar-refractivity contribution in [1.29, 1.82) is 0 Å². The number of hydrogen-bond acceptors (Lipinski definition) is 4. The molecule has 0 saturated carbocycles. The Morgan fingerprint density at radius 3 is 2.56 bits per heavy atom. The van der Waals surface area contributed by atoms with E-state index in [-0.39, 0.29) is 11.4 Å². The van der Waals surface area contributed by atoms with Crippen molar-refractivity contribution in [3.63, 3.8) is 0 Å². The number of nitrogens with zero attached hydrogens (tertiary/aromatic N) is 1. The minimum absolute atomic E-state index is 0.195. The fourth-order valence-corrected chi connectivity index (χ4v) is 4.99. The molecule has 0 amide bonds. The van der Waals surface area contributed by atoms with Crippen molar-refractivity contribution in [1.82, 2.24) is 9.71 Å². The van der Waals surface area contributed by atoms with Gasteiger partial charge in [0.15, 0.2) is 0 Å². The van der Waals surface area contributed by atoms with E-state index in [1.54, 1.807) is 24.5 Å². The lowest BCUT2D eigenvalue weighted by Gasteiger charge is -2.08. The monoisotopic (exact) mass is 484 g/mol. The number of aromatic nitrogens is 1. The lowest BCUT2D eigenvalue weighted by atomic mass is 10.2. The van der Waals surface area contributed by atoms with Gasteiger partial charge in [0.05, 0.1) is 10.6 Å². The number of halogens is 2. The number of rotatable bonds is 6. The highest BCUT2D eigenvalue weighted by molar-refractivity contribution is 9.11. The Kier molecular flexibility index (Phi) is 5.73. The molecular formula is C17H14Br2N2O3S. The molecule has 130 valence electrons. The van der Waals surface area contributed by atoms with Crippen molar-refractivity contribution in [3.05, 3.63) is 69.4 Å². The van der Waals surface area contributed by atoms with Crippen LogP contribution in [0.4, 0.5) is 0 Å². The molecule has 0 aliphatic carbocycles. The van der Waals surface area contributed by atoms with Gasteiger partial charge in [-0.2, -0.15) is 0 Å². The van der Waals surface area contributed by atoms with Crippen LogP contribution in [0.3, 0.4) is 0 Å². The zero-order chi connectivity index (χ0) is 17.9. The lowest BCUT2D eigenvalue weighted by Crippen LogP contribution is -2.26. The molecule has 0 spiro atoms. The number of benzene rings is 2. The first-order valence-corrected chi connectivity index (χ1v) is 10.5. The molecule has 8 heteroatoms. The number of sulfonamides is 1. The summed E-state index contributed by atoms with van der Waals surface area (Å²) in [5.41, 5.74) is 1.57. The highest BCUT2D eigenvalue weighted by Crippen LogP contribution is 2.25. The molecule has 0 radical (unpaired) electrons. The molecule has 1 heterocycles. The maximum Gasteiger partial charge on any atom is 0.241 e. The van der Waals surface area contributed by atoms with Crippen LogP contribution in [0.2, 0.25) is 0 Å². The predicted octanol–water partition coefficient (Wildman–Crippen LogP) is 4.39. The molecule has 25 heavy (non-hydrogen) atoms. The Morgan fingerprint density at radius 2 is 1.84 bits per heavy atom. The summed E-state index contributed by atoms with van der Waals surface area (Å²) >= 11 is 6.58. The van der Waals surface area contributed by atoms with E-state index in [0.717, 1.165) is 10.0 Å². The van der Waals surface area contributed by atoms with Crippen molar-refractivity contribution >= 4 is 41.9 Å². The van der Waals surface area contributed by atoms with Crippen molar-refractivity contribution in [3.8, 4) is 11.5 Å². The molecule has 3 aromatic rings. The number of hydrogen-bond donors (Lipinski definition) is 1. The normalized spacial score (nSPS) is 11.6. The van der Waals surface area contributed by atoms with Gasteiger partial charge < -0.3 is 4.42 Å². The number of oxazole rings is 1. The van der Waals surface area contributed by atoms with Crippen LogP contribution in [0.5, 0.6) is 0 Å². The largest absolute Gasteiger partial charge is 0.444 e. The molecule has 0 saturated heterocycles. The Hall–Kier alpha value is -1.48. The number of nitrogens with one attached hydrogen (secondary N) is 1. The SMILES string of the molecule is O=S(=O)(NCCc1coc(-c2ccccc2)n1)c1ccc(Br)cc1Br. The minimum Gasteiger partial charge on any atom is -0.444 e. The first-order valence-electron chi connectivity index (χ1n) is 7.40. The standard InChI is InChI=1S/C17H14Br2N2O3S/c18-13-6-7-16(15(19)10-13)25(22,23)20-9-8-14-11-24-17(21-14)12-4-2-1-3-5-12/h1-7,10-11,20H,8-9H2. The van der Waals surface area contributed by atoms with Crippen LogP contribution >= 0.6 is 31.9 Å². The summed E-state index contributed by atoms with van der Waals surface area (Å²) in [6.45, 7) is 0.228. The highest BCUT2D eigenvalue weighted by atomic mass is 79.9. The second-order valence-corrected chi connectivity index (χ2v) is 8.74. The van der Waals surface area contributed by atoms with E-state index in [1.807, 2.05) is 30.3 Å². The quantitative estimate of drug-likeness (QED) is 0.562. The maximum absolute atomic E-state index is 12.4. The molecule has 0 unspecified atom stereocenters. The van der Waals surface area contributed by atoms with Gasteiger partial charge in [0, 0.05) is 27.5 Å². The van der Waals surface area contributed by atoms with E-state index in [1.165, 1.54) is 0 Å². The molecule has 3 rings (SSSR count). The summed E-state index contributed by atoms with van der Waals surface area (Å²) in [6.07, 6.45) is 1.98. The van der Waals surface area contributed by atoms with Crippen LogP contribution < -0.4 is 4.72 Å². The van der Waals surface area contributed by atoms with Crippen LogP contribution in [-0.4, -0.2) is 19.9 Å². The minimum atomic E-state index is -3.60. The van der Waals surface area contributed by atoms with Crippen molar-refractivity contribution in [2.24, 2.45) is 0 Å². The molecule has 1 N–H and O–H groups in total. The molecule has 2 aromatic carbocycles. The van der Waals surface area contributed by atoms with E-state index in [0.29, 0.717) is 22.5 Å². The van der Waals surface area contributed by atoms with Gasteiger partial charge in [-0.15, -0.1) is 0 Å². The topological polar surface area (TPSA) is 72.2 Å². The van der Waals surface area contributed by atoms with Crippen molar-refractivity contribution < 1.29 is 12.8 Å². The molecule has 0 atom stereocenters. The summed E-state index contributed by atoms with van der Waals surface area (Å²) in [6, 6.07) is 14.5. The molecule has 0 aliphatic rings. The molecule has 0 aliphatic heterocycles. The Bertz CT molecular complexity index is 973. The van der Waals surface area contributed by atoms with E-state index in [4.69, 9.17) is 4.42 Å². The van der Waals surface area contributed by atoms with Crippen LogP contribution in [0.15, 0.2) is 73.1 Å². The van der Waals surface area contributed by atoms with Gasteiger partial charge in [0.1, 0.15) is 6.26 Å². The fourth-order valence-electron chi connectivity index (χ4n) is 2.22. The third-order valence-electron chi connectivity index (χ3n) is 3.43. The van der Waals surface area contributed by atoms with Crippen LogP contribution in [0.1, 0.15) is 5.69 Å². The summed E-state index contributed by atoms with van der Waals surface area (Å²) in [5.74, 6) is 0.522. The van der Waals surface area contributed by atoms with E-state index in [9.17, 15) is 8.42 Å². The van der Waals surface area contributed by atoms with Crippen LogP contribution in [-0.2, 0) is 16.4 Å². The molecule has 1 aromatic heterocycles. The predicted molar refractivity (Wildman–Crippen MR) is 103 cm³/mol. The summed E-state index contributed by atoms with van der Waals surface area (Å²) in [4.78, 5) is 4.58. The maximum atomic E-state index is 12.4. The third kappa shape index (κ3) is 4.58. The van der Waals surface area contributed by atoms with Gasteiger partial charge in [-0.1, -0.05) is 34.1 Å². The Morgan fingerprint density at radius 1 is 1.08 bits per heavy atom. The molecule has 0 bridgehead atoms. The lowest BCUT2D eigenvalue weighted by molar-refractivity contribution is 0.570. The Balaban J connectivity index is 1.64. The smallest absolute Gasteiger partial charge is 0.241 e. The average molecular weight is 486 g/mol. The first kappa shape index (κ1) is 18.3. The van der Waals surface area contributed by atoms with E-state index in [2.05, 4.69) is 41.6 Å². The fraction of sp³-hybridized carbons (Fsp3) is 0.118. The van der Waals surface area contributed by atoms with Crippen molar-refractivity contribution in [2.45, 2.75) is 11.3 Å². The molecule has 5 nitrogen and oxygen atoms in total. The zero-order valence-electron chi connectivity index (χ0n) is 12.9. The van der Waals surface area contributed by atoms with E-state index < -0.39 is 10.0 Å². The second kappa shape index (κ2) is 7.82. The zero-order valence-corrected chi connectivity index (χ0v) is 16.9. The summed E-state index contributed by atoms with van der Waals surface area (Å²) in [7, 11) is -3.60. The summed E-state index contributed by atoms with van der Waals surface area (Å²) in [5, 5.41) is 0. The molecular weight excluding hydrogens is 472 g/mol. The van der Waals surface area contributed by atoms with Gasteiger partial charge in [-0.25, -0.2) is 18.1 Å². The first-order chi connectivity index (χ1) is 12.0. The van der Waals surface area contributed by atoms with Gasteiger partial charge in [0.2, 0.25) is 15.9 Å². The highest BCUT2D eigenvalue weighted by Gasteiger charge is 2.17. The van der Waals surface area contributed by atoms with Crippen LogP contribution in [0, 0.1) is 0 Å². The van der Waals surface area contributed by atoms with Gasteiger partial charge >= 0.3 is 0 Å². The Labute approximate surface area is 162 Å². The van der Waals surface area contributed by atoms with Crippen LogP contribution in [0.25, 0.3) is 11.5 Å².